The Morgan fingerprint density at radius 1 is 1.62 bits per heavy atom. The third-order valence-corrected chi connectivity index (χ3v) is 2.85. The lowest BCUT2D eigenvalue weighted by Crippen LogP contribution is -2.34. The van der Waals surface area contributed by atoms with Crippen molar-refractivity contribution in [2.45, 2.75) is 31.8 Å². The molecular weight excluding hydrogens is 204 g/mol. The molecule has 2 heterocycles. The van der Waals surface area contributed by atoms with E-state index in [0.29, 0.717) is 12.5 Å². The predicted octanol–water partition coefficient (Wildman–Crippen LogP) is 0.141. The van der Waals surface area contributed by atoms with Crippen LogP contribution >= 0.6 is 0 Å². The molecule has 1 aromatic rings. The highest BCUT2D eigenvalue weighted by atomic mass is 16.1. The summed E-state index contributed by atoms with van der Waals surface area (Å²) in [7, 11) is 0. The summed E-state index contributed by atoms with van der Waals surface area (Å²) in [4.78, 5) is 15.3. The van der Waals surface area contributed by atoms with Crippen LogP contribution in [0, 0.1) is 0 Å². The van der Waals surface area contributed by atoms with E-state index in [4.69, 9.17) is 0 Å². The summed E-state index contributed by atoms with van der Waals surface area (Å²) in [6.45, 7) is 2.60. The van der Waals surface area contributed by atoms with Crippen LogP contribution in [0.5, 0.6) is 0 Å². The van der Waals surface area contributed by atoms with Gasteiger partial charge in [-0.2, -0.15) is 0 Å². The number of hydrogen-bond acceptors (Lipinski definition) is 3. The molecule has 16 heavy (non-hydrogen) atoms. The second-order valence-electron chi connectivity index (χ2n) is 4.15. The first-order chi connectivity index (χ1) is 7.84. The number of amides is 1. The molecule has 0 bridgehead atoms. The lowest BCUT2D eigenvalue weighted by atomic mass is 10.1. The van der Waals surface area contributed by atoms with Gasteiger partial charge in [0.1, 0.15) is 0 Å². The largest absolute Gasteiger partial charge is 0.356 e. The van der Waals surface area contributed by atoms with Crippen molar-refractivity contribution < 1.29 is 4.79 Å². The first-order valence-electron chi connectivity index (χ1n) is 5.80. The van der Waals surface area contributed by atoms with Crippen molar-refractivity contribution in [3.8, 4) is 0 Å². The molecule has 1 aliphatic heterocycles. The molecular formula is C11H18N4O. The van der Waals surface area contributed by atoms with E-state index >= 15 is 0 Å². The van der Waals surface area contributed by atoms with E-state index in [-0.39, 0.29) is 5.91 Å². The van der Waals surface area contributed by atoms with Gasteiger partial charge in [-0.15, -0.1) is 0 Å². The smallest absolute Gasteiger partial charge is 0.221 e. The SMILES string of the molecule is O=C1CC(NCCn2ccnc2)CCCN1. The standard InChI is InChI=1S/C11H18N4O/c16-11-8-10(2-1-3-14-11)13-5-7-15-6-4-12-9-15/h4,6,9-10,13H,1-3,5,7-8H2,(H,14,16). The summed E-state index contributed by atoms with van der Waals surface area (Å²) in [5.41, 5.74) is 0. The summed E-state index contributed by atoms with van der Waals surface area (Å²) in [5.74, 6) is 0.164. The number of carbonyl (C=O) groups excluding carboxylic acids is 1. The van der Waals surface area contributed by atoms with E-state index in [0.717, 1.165) is 32.5 Å². The van der Waals surface area contributed by atoms with Crippen LogP contribution in [-0.2, 0) is 11.3 Å². The van der Waals surface area contributed by atoms with E-state index in [1.54, 1.807) is 6.20 Å². The minimum absolute atomic E-state index is 0.164. The van der Waals surface area contributed by atoms with Crippen LogP contribution < -0.4 is 10.6 Å². The second kappa shape index (κ2) is 5.65. The average molecular weight is 222 g/mol. The van der Waals surface area contributed by atoms with E-state index < -0.39 is 0 Å². The van der Waals surface area contributed by atoms with Crippen molar-refractivity contribution in [1.82, 2.24) is 20.2 Å². The van der Waals surface area contributed by atoms with Crippen LogP contribution in [0.1, 0.15) is 19.3 Å². The molecule has 1 saturated heterocycles. The predicted molar refractivity (Wildman–Crippen MR) is 60.9 cm³/mol. The van der Waals surface area contributed by atoms with Crippen LogP contribution in [0.3, 0.4) is 0 Å². The van der Waals surface area contributed by atoms with Gasteiger partial charge in [0.05, 0.1) is 6.33 Å². The molecule has 5 nitrogen and oxygen atoms in total. The molecule has 1 amide bonds. The number of rotatable bonds is 4. The molecule has 1 atom stereocenters. The number of carbonyl (C=O) groups is 1. The Bertz CT molecular complexity index is 323. The van der Waals surface area contributed by atoms with Gasteiger partial charge >= 0.3 is 0 Å². The minimum atomic E-state index is 0.164. The van der Waals surface area contributed by atoms with Gasteiger partial charge in [-0.3, -0.25) is 4.79 Å². The van der Waals surface area contributed by atoms with E-state index in [2.05, 4.69) is 15.6 Å². The number of nitrogens with one attached hydrogen (secondary N) is 2. The molecule has 5 heteroatoms. The first kappa shape index (κ1) is 11.1. The average Bonchev–Trinajstić information content (AvgIpc) is 2.69. The van der Waals surface area contributed by atoms with Gasteiger partial charge < -0.3 is 15.2 Å². The summed E-state index contributed by atoms with van der Waals surface area (Å²) >= 11 is 0. The fourth-order valence-electron chi connectivity index (χ4n) is 1.97. The maximum atomic E-state index is 11.3. The normalized spacial score (nSPS) is 21.5. The topological polar surface area (TPSA) is 59.0 Å². The zero-order valence-electron chi connectivity index (χ0n) is 9.35. The Morgan fingerprint density at radius 3 is 3.38 bits per heavy atom. The molecule has 1 fully saturated rings. The van der Waals surface area contributed by atoms with Crippen LogP contribution in [0.15, 0.2) is 18.7 Å². The van der Waals surface area contributed by atoms with Crippen molar-refractivity contribution in [3.05, 3.63) is 18.7 Å². The highest BCUT2D eigenvalue weighted by Crippen LogP contribution is 2.05. The molecule has 0 aliphatic carbocycles. The molecule has 0 radical (unpaired) electrons. The first-order valence-corrected chi connectivity index (χ1v) is 5.80. The summed E-state index contributed by atoms with van der Waals surface area (Å²) < 4.78 is 2.03. The Balaban J connectivity index is 1.70. The van der Waals surface area contributed by atoms with Crippen LogP contribution in [0.25, 0.3) is 0 Å². The van der Waals surface area contributed by atoms with Crippen molar-refractivity contribution in [2.75, 3.05) is 13.1 Å². The maximum absolute atomic E-state index is 11.3. The fourth-order valence-corrected chi connectivity index (χ4v) is 1.97. The Kier molecular flexibility index (Phi) is 3.93. The third-order valence-electron chi connectivity index (χ3n) is 2.85. The van der Waals surface area contributed by atoms with Gasteiger partial charge in [0.25, 0.3) is 0 Å². The molecule has 1 unspecified atom stereocenters. The molecule has 2 N–H and O–H groups in total. The Morgan fingerprint density at radius 2 is 2.56 bits per heavy atom. The van der Waals surface area contributed by atoms with Crippen LogP contribution in [0.2, 0.25) is 0 Å². The number of imidazole rings is 1. The van der Waals surface area contributed by atoms with Crippen molar-refractivity contribution >= 4 is 5.91 Å². The Labute approximate surface area is 95.2 Å². The fraction of sp³-hybridized carbons (Fsp3) is 0.636. The van der Waals surface area contributed by atoms with E-state index in [1.165, 1.54) is 0 Å². The number of nitrogens with zero attached hydrogens (tertiary/aromatic N) is 2. The van der Waals surface area contributed by atoms with Crippen molar-refractivity contribution in [2.24, 2.45) is 0 Å². The monoisotopic (exact) mass is 222 g/mol. The van der Waals surface area contributed by atoms with Gasteiger partial charge in [0, 0.05) is 44.5 Å². The van der Waals surface area contributed by atoms with E-state index in [1.807, 2.05) is 17.1 Å². The number of hydrogen-bond donors (Lipinski definition) is 2. The highest BCUT2D eigenvalue weighted by molar-refractivity contribution is 5.76. The third kappa shape index (κ3) is 3.34. The molecule has 1 aromatic heterocycles. The Hall–Kier alpha value is -1.36. The van der Waals surface area contributed by atoms with Crippen molar-refractivity contribution in [3.63, 3.8) is 0 Å². The number of aromatic nitrogens is 2. The summed E-state index contributed by atoms with van der Waals surface area (Å²) in [6, 6.07) is 0.325. The van der Waals surface area contributed by atoms with E-state index in [9.17, 15) is 4.79 Å². The second-order valence-corrected chi connectivity index (χ2v) is 4.15. The maximum Gasteiger partial charge on any atom is 0.221 e. The van der Waals surface area contributed by atoms with Gasteiger partial charge in [-0.25, -0.2) is 4.98 Å². The molecule has 0 aromatic carbocycles. The summed E-state index contributed by atoms with van der Waals surface area (Å²) in [6.07, 6.45) is 8.27. The van der Waals surface area contributed by atoms with Crippen LogP contribution in [0.4, 0.5) is 0 Å². The van der Waals surface area contributed by atoms with Gasteiger partial charge in [-0.1, -0.05) is 0 Å². The molecule has 0 spiro atoms. The van der Waals surface area contributed by atoms with Crippen LogP contribution in [-0.4, -0.2) is 34.6 Å². The quantitative estimate of drug-likeness (QED) is 0.762. The van der Waals surface area contributed by atoms with Crippen molar-refractivity contribution in [1.29, 1.82) is 0 Å². The molecule has 2 rings (SSSR count). The van der Waals surface area contributed by atoms with Gasteiger partial charge in [0.2, 0.25) is 5.91 Å². The highest BCUT2D eigenvalue weighted by Gasteiger charge is 2.16. The van der Waals surface area contributed by atoms with Gasteiger partial charge in [-0.05, 0) is 12.8 Å². The zero-order chi connectivity index (χ0) is 11.2. The molecule has 0 saturated carbocycles. The molecule has 88 valence electrons. The lowest BCUT2D eigenvalue weighted by molar-refractivity contribution is -0.121. The minimum Gasteiger partial charge on any atom is -0.356 e. The van der Waals surface area contributed by atoms with Gasteiger partial charge in [0.15, 0.2) is 0 Å². The molecule has 1 aliphatic rings. The summed E-state index contributed by atoms with van der Waals surface area (Å²) in [5, 5.41) is 6.31. The zero-order valence-corrected chi connectivity index (χ0v) is 9.35. The lowest BCUT2D eigenvalue weighted by Gasteiger charge is -2.14.